The number of fused-ring (bicyclic) bond motifs is 1. The fourth-order valence-electron chi connectivity index (χ4n) is 9.32. The second-order valence-corrected chi connectivity index (χ2v) is 19.9. The molecule has 0 unspecified atom stereocenters. The summed E-state index contributed by atoms with van der Waals surface area (Å²) in [5.74, 6) is 0. The molecule has 1 aliphatic rings. The number of nitrogens with zero attached hydrogens (tertiary/aromatic N) is 2. The Balaban J connectivity index is 1.26. The molecular formula is C60H57ClN2. The van der Waals surface area contributed by atoms with Crippen molar-refractivity contribution in [2.45, 2.75) is 77.6 Å². The molecule has 314 valence electrons. The zero-order valence-electron chi connectivity index (χ0n) is 37.7. The number of hydrogen-bond donors (Lipinski definition) is 0. The lowest BCUT2D eigenvalue weighted by Crippen LogP contribution is -2.34. The van der Waals surface area contributed by atoms with Crippen LogP contribution >= 0.6 is 11.6 Å². The number of benzene rings is 8. The fraction of sp³-hybridized carbons (Fsp3) is 0.200. The average molecular weight is 842 g/mol. The van der Waals surface area contributed by atoms with Gasteiger partial charge in [0.2, 0.25) is 0 Å². The van der Waals surface area contributed by atoms with E-state index in [-0.39, 0.29) is 16.2 Å². The zero-order valence-corrected chi connectivity index (χ0v) is 38.4. The standard InChI is InChI=1S/C60H57ClN2/c1-58(2,3)47-27-34-57(54(37-47)46-21-15-10-16-22-46)63(51-32-33-55-56(41-51)60(6,7)36-35-59(55,4)5)53-39-48(61)38-52(40-53)62(49-28-23-44(24-29-49)42-17-11-8-12-18-42)50-30-25-45(26-31-50)43-19-13-9-14-20-43/h8-34,37-41H,35-36H2,1-7H3. The summed E-state index contributed by atoms with van der Waals surface area (Å²) in [5, 5.41) is 0.659. The normalized spacial score (nSPS) is 14.2. The first-order valence-corrected chi connectivity index (χ1v) is 22.7. The molecule has 0 heterocycles. The lowest BCUT2D eigenvalue weighted by atomic mass is 9.63. The molecule has 0 saturated heterocycles. The molecule has 1 aliphatic carbocycles. The van der Waals surface area contributed by atoms with Gasteiger partial charge >= 0.3 is 0 Å². The van der Waals surface area contributed by atoms with Gasteiger partial charge < -0.3 is 9.80 Å². The average Bonchev–Trinajstić information content (AvgIpc) is 3.29. The van der Waals surface area contributed by atoms with E-state index in [2.05, 4.69) is 252 Å². The Kier molecular flexibility index (Phi) is 11.2. The highest BCUT2D eigenvalue weighted by atomic mass is 35.5. The minimum absolute atomic E-state index is 0.0268. The van der Waals surface area contributed by atoms with Crippen LogP contribution in [0.3, 0.4) is 0 Å². The third-order valence-electron chi connectivity index (χ3n) is 13.1. The number of halogens is 1. The summed E-state index contributed by atoms with van der Waals surface area (Å²) in [6.07, 6.45) is 2.29. The first-order valence-electron chi connectivity index (χ1n) is 22.3. The molecule has 0 fully saturated rings. The zero-order chi connectivity index (χ0) is 43.9. The summed E-state index contributed by atoms with van der Waals surface area (Å²) < 4.78 is 0. The molecule has 0 aliphatic heterocycles. The number of rotatable bonds is 9. The molecular weight excluding hydrogens is 784 g/mol. The third kappa shape index (κ3) is 8.58. The van der Waals surface area contributed by atoms with Gasteiger partial charge in [0.1, 0.15) is 0 Å². The quantitative estimate of drug-likeness (QED) is 0.143. The molecule has 8 aromatic rings. The molecule has 9 rings (SSSR count). The van der Waals surface area contributed by atoms with E-state index in [9.17, 15) is 0 Å². The third-order valence-corrected chi connectivity index (χ3v) is 13.4. The SMILES string of the molecule is CC(C)(C)c1ccc(N(c2cc(Cl)cc(N(c3ccc(-c4ccccc4)cc3)c3ccc(-c4ccccc4)cc3)c2)c2ccc3c(c2)C(C)(C)CCC3(C)C)c(-c2ccccc2)c1. The van der Waals surface area contributed by atoms with Gasteiger partial charge in [0.15, 0.2) is 0 Å². The molecule has 63 heavy (non-hydrogen) atoms. The van der Waals surface area contributed by atoms with Crippen molar-refractivity contribution >= 4 is 45.7 Å². The summed E-state index contributed by atoms with van der Waals surface area (Å²) in [6, 6.07) is 70.4. The lowest BCUT2D eigenvalue weighted by molar-refractivity contribution is 0.332. The first kappa shape index (κ1) is 42.0. The summed E-state index contributed by atoms with van der Waals surface area (Å²) >= 11 is 7.39. The Morgan fingerprint density at radius 1 is 0.397 bits per heavy atom. The van der Waals surface area contributed by atoms with Crippen LogP contribution in [0.2, 0.25) is 5.02 Å². The second-order valence-electron chi connectivity index (χ2n) is 19.5. The molecule has 0 N–H and O–H groups in total. The topological polar surface area (TPSA) is 6.48 Å². The van der Waals surface area contributed by atoms with Gasteiger partial charge in [0, 0.05) is 39.0 Å². The van der Waals surface area contributed by atoms with Gasteiger partial charge in [0.05, 0.1) is 5.69 Å². The molecule has 0 spiro atoms. The summed E-state index contributed by atoms with van der Waals surface area (Å²) in [6.45, 7) is 16.5. The van der Waals surface area contributed by atoms with Crippen molar-refractivity contribution in [3.8, 4) is 33.4 Å². The maximum atomic E-state index is 7.39. The predicted molar refractivity (Wildman–Crippen MR) is 271 cm³/mol. The summed E-state index contributed by atoms with van der Waals surface area (Å²) in [7, 11) is 0. The van der Waals surface area contributed by atoms with Gasteiger partial charge in [-0.2, -0.15) is 0 Å². The van der Waals surface area contributed by atoms with Gasteiger partial charge in [-0.05, 0) is 140 Å². The second kappa shape index (κ2) is 16.7. The van der Waals surface area contributed by atoms with Crippen molar-refractivity contribution in [3.05, 3.63) is 216 Å². The van der Waals surface area contributed by atoms with Crippen molar-refractivity contribution in [2.75, 3.05) is 9.80 Å². The van der Waals surface area contributed by atoms with E-state index in [0.717, 1.165) is 47.0 Å². The molecule has 0 aromatic heterocycles. The molecule has 2 nitrogen and oxygen atoms in total. The predicted octanol–water partition coefficient (Wildman–Crippen LogP) is 17.9. The minimum atomic E-state index is -0.0375. The van der Waals surface area contributed by atoms with Crippen LogP contribution in [0.15, 0.2) is 194 Å². The van der Waals surface area contributed by atoms with Crippen LogP contribution in [0.25, 0.3) is 33.4 Å². The highest BCUT2D eigenvalue weighted by molar-refractivity contribution is 6.31. The van der Waals surface area contributed by atoms with Gasteiger partial charge in [0.25, 0.3) is 0 Å². The van der Waals surface area contributed by atoms with E-state index in [1.54, 1.807) is 0 Å². The largest absolute Gasteiger partial charge is 0.310 e. The van der Waals surface area contributed by atoms with Crippen molar-refractivity contribution in [2.24, 2.45) is 0 Å². The van der Waals surface area contributed by atoms with Gasteiger partial charge in [-0.3, -0.25) is 0 Å². The monoisotopic (exact) mass is 840 g/mol. The Bertz CT molecular complexity index is 2770. The Morgan fingerprint density at radius 3 is 1.35 bits per heavy atom. The van der Waals surface area contributed by atoms with E-state index in [4.69, 9.17) is 11.6 Å². The molecule has 3 heteroatoms. The van der Waals surface area contributed by atoms with E-state index in [1.165, 1.54) is 50.1 Å². The van der Waals surface area contributed by atoms with Crippen LogP contribution in [0.4, 0.5) is 34.1 Å². The molecule has 0 radical (unpaired) electrons. The number of hydrogen-bond acceptors (Lipinski definition) is 2. The Hall–Kier alpha value is -6.35. The van der Waals surface area contributed by atoms with Crippen molar-refractivity contribution < 1.29 is 0 Å². The Labute approximate surface area is 380 Å². The highest BCUT2D eigenvalue weighted by Crippen LogP contribution is 2.51. The smallest absolute Gasteiger partial charge is 0.0540 e. The van der Waals surface area contributed by atoms with Crippen LogP contribution < -0.4 is 9.80 Å². The highest BCUT2D eigenvalue weighted by Gasteiger charge is 2.37. The molecule has 0 bridgehead atoms. The number of anilines is 6. The molecule has 8 aromatic carbocycles. The van der Waals surface area contributed by atoms with Crippen LogP contribution in [0, 0.1) is 0 Å². The van der Waals surface area contributed by atoms with Gasteiger partial charge in [-0.25, -0.2) is 0 Å². The molecule has 0 amide bonds. The van der Waals surface area contributed by atoms with Crippen LogP contribution in [0.1, 0.15) is 78.0 Å². The van der Waals surface area contributed by atoms with Crippen molar-refractivity contribution in [1.82, 2.24) is 0 Å². The summed E-state index contributed by atoms with van der Waals surface area (Å²) in [5.41, 5.74) is 17.5. The van der Waals surface area contributed by atoms with Crippen LogP contribution in [-0.2, 0) is 16.2 Å². The van der Waals surface area contributed by atoms with E-state index < -0.39 is 0 Å². The van der Waals surface area contributed by atoms with E-state index >= 15 is 0 Å². The van der Waals surface area contributed by atoms with E-state index in [1.807, 2.05) is 0 Å². The first-order chi connectivity index (χ1) is 30.2. The van der Waals surface area contributed by atoms with Gasteiger partial charge in [-0.1, -0.05) is 187 Å². The maximum absolute atomic E-state index is 7.39. The summed E-state index contributed by atoms with van der Waals surface area (Å²) in [4.78, 5) is 4.77. The van der Waals surface area contributed by atoms with Crippen LogP contribution in [0.5, 0.6) is 0 Å². The maximum Gasteiger partial charge on any atom is 0.0540 e. The van der Waals surface area contributed by atoms with Crippen molar-refractivity contribution in [3.63, 3.8) is 0 Å². The fourth-order valence-corrected chi connectivity index (χ4v) is 9.54. The lowest BCUT2D eigenvalue weighted by Gasteiger charge is -2.42. The van der Waals surface area contributed by atoms with Crippen LogP contribution in [-0.4, -0.2) is 0 Å². The minimum Gasteiger partial charge on any atom is -0.310 e. The Morgan fingerprint density at radius 2 is 0.841 bits per heavy atom. The van der Waals surface area contributed by atoms with Crippen molar-refractivity contribution in [1.29, 1.82) is 0 Å². The molecule has 0 saturated carbocycles. The molecule has 0 atom stereocenters. The van der Waals surface area contributed by atoms with E-state index in [0.29, 0.717) is 5.02 Å². The van der Waals surface area contributed by atoms with Gasteiger partial charge in [-0.15, -0.1) is 0 Å².